The zero-order valence-corrected chi connectivity index (χ0v) is 7.18. The number of aliphatic hydroxyl groups is 2. The Morgan fingerprint density at radius 3 is 2.85 bits per heavy atom. The van der Waals surface area contributed by atoms with Crippen molar-refractivity contribution in [2.24, 2.45) is 0 Å². The van der Waals surface area contributed by atoms with Crippen LogP contribution in [-0.2, 0) is 0 Å². The molecule has 0 aliphatic carbocycles. The zero-order chi connectivity index (χ0) is 9.68. The number of benzene rings is 1. The van der Waals surface area contributed by atoms with Crippen molar-refractivity contribution in [2.75, 3.05) is 18.9 Å². The maximum Gasteiger partial charge on any atom is 0.121 e. The first kappa shape index (κ1) is 9.83. The second-order valence-electron chi connectivity index (χ2n) is 2.72. The molecule has 0 aliphatic heterocycles. The number of anilines is 1. The summed E-state index contributed by atoms with van der Waals surface area (Å²) in [6.45, 7) is -0.234. The highest BCUT2D eigenvalue weighted by molar-refractivity contribution is 5.43. The van der Waals surface area contributed by atoms with Crippen LogP contribution in [-0.4, -0.2) is 29.5 Å². The van der Waals surface area contributed by atoms with E-state index in [4.69, 9.17) is 20.7 Å². The number of nitrogens with two attached hydrogens (primary N) is 1. The predicted molar refractivity (Wildman–Crippen MR) is 49.4 cm³/mol. The average molecular weight is 183 g/mol. The van der Waals surface area contributed by atoms with Crippen molar-refractivity contribution in [2.45, 2.75) is 6.10 Å². The molecule has 0 bridgehead atoms. The lowest BCUT2D eigenvalue weighted by Gasteiger charge is -2.09. The van der Waals surface area contributed by atoms with Crippen molar-refractivity contribution >= 4 is 5.69 Å². The quantitative estimate of drug-likeness (QED) is 0.574. The van der Waals surface area contributed by atoms with E-state index in [1.807, 2.05) is 0 Å². The minimum atomic E-state index is -0.846. The molecule has 1 atom stereocenters. The van der Waals surface area contributed by atoms with Crippen molar-refractivity contribution in [1.29, 1.82) is 0 Å². The maximum atomic E-state index is 8.98. The van der Waals surface area contributed by atoms with Crippen LogP contribution in [0, 0.1) is 0 Å². The molecule has 0 fully saturated rings. The van der Waals surface area contributed by atoms with Crippen molar-refractivity contribution in [3.05, 3.63) is 24.3 Å². The summed E-state index contributed by atoms with van der Waals surface area (Å²) in [5, 5.41) is 17.5. The van der Waals surface area contributed by atoms with Crippen LogP contribution in [0.2, 0.25) is 0 Å². The van der Waals surface area contributed by atoms with Crippen LogP contribution < -0.4 is 10.5 Å². The van der Waals surface area contributed by atoms with E-state index in [9.17, 15) is 0 Å². The fourth-order valence-corrected chi connectivity index (χ4v) is 0.849. The van der Waals surface area contributed by atoms with Gasteiger partial charge in [-0.15, -0.1) is 0 Å². The summed E-state index contributed by atoms with van der Waals surface area (Å²) in [5.41, 5.74) is 6.11. The molecule has 1 aromatic rings. The van der Waals surface area contributed by atoms with Crippen LogP contribution in [0.3, 0.4) is 0 Å². The largest absolute Gasteiger partial charge is 0.491 e. The molecule has 0 amide bonds. The van der Waals surface area contributed by atoms with Gasteiger partial charge in [0.1, 0.15) is 18.5 Å². The molecule has 0 saturated heterocycles. The first-order valence-corrected chi connectivity index (χ1v) is 3.99. The van der Waals surface area contributed by atoms with Gasteiger partial charge >= 0.3 is 0 Å². The third kappa shape index (κ3) is 3.31. The Kier molecular flexibility index (Phi) is 3.54. The molecule has 1 aromatic carbocycles. The van der Waals surface area contributed by atoms with E-state index in [1.54, 1.807) is 24.3 Å². The van der Waals surface area contributed by atoms with E-state index in [-0.39, 0.29) is 13.2 Å². The molecule has 0 radical (unpaired) electrons. The first-order valence-electron chi connectivity index (χ1n) is 3.99. The molecule has 4 N–H and O–H groups in total. The summed E-state index contributed by atoms with van der Waals surface area (Å²) in [4.78, 5) is 0. The topological polar surface area (TPSA) is 75.7 Å². The molecule has 0 unspecified atom stereocenters. The SMILES string of the molecule is Nc1cccc(OC[C@H](O)CO)c1. The van der Waals surface area contributed by atoms with Crippen LogP contribution >= 0.6 is 0 Å². The molecular weight excluding hydrogens is 170 g/mol. The number of hydrogen-bond donors (Lipinski definition) is 3. The lowest BCUT2D eigenvalue weighted by molar-refractivity contribution is 0.0536. The van der Waals surface area contributed by atoms with Gasteiger partial charge in [-0.05, 0) is 12.1 Å². The monoisotopic (exact) mass is 183 g/mol. The molecule has 0 saturated carbocycles. The summed E-state index contributed by atoms with van der Waals surface area (Å²) in [6, 6.07) is 6.90. The number of ether oxygens (including phenoxy) is 1. The standard InChI is InChI=1S/C9H13NO3/c10-7-2-1-3-9(4-7)13-6-8(12)5-11/h1-4,8,11-12H,5-6,10H2/t8-/m1/s1. The predicted octanol–water partition coefficient (Wildman–Crippen LogP) is 0.000800. The molecule has 4 nitrogen and oxygen atoms in total. The van der Waals surface area contributed by atoms with E-state index in [0.29, 0.717) is 11.4 Å². The second kappa shape index (κ2) is 4.69. The number of nitrogen functional groups attached to an aromatic ring is 1. The van der Waals surface area contributed by atoms with Gasteiger partial charge < -0.3 is 20.7 Å². The molecule has 4 heteroatoms. The Labute approximate surface area is 76.6 Å². The molecule has 13 heavy (non-hydrogen) atoms. The Morgan fingerprint density at radius 2 is 2.23 bits per heavy atom. The Morgan fingerprint density at radius 1 is 1.46 bits per heavy atom. The van der Waals surface area contributed by atoms with Crippen LogP contribution in [0.4, 0.5) is 5.69 Å². The van der Waals surface area contributed by atoms with Gasteiger partial charge in [-0.3, -0.25) is 0 Å². The average Bonchev–Trinajstić information content (AvgIpc) is 2.14. The van der Waals surface area contributed by atoms with Crippen LogP contribution in [0.1, 0.15) is 0 Å². The molecule has 1 rings (SSSR count). The van der Waals surface area contributed by atoms with E-state index in [0.717, 1.165) is 0 Å². The molecule has 0 aromatic heterocycles. The van der Waals surface area contributed by atoms with Crippen molar-refractivity contribution in [3.63, 3.8) is 0 Å². The summed E-state index contributed by atoms with van der Waals surface area (Å²) in [6.07, 6.45) is -0.846. The third-order valence-electron chi connectivity index (χ3n) is 1.51. The maximum absolute atomic E-state index is 8.98. The second-order valence-corrected chi connectivity index (χ2v) is 2.72. The van der Waals surface area contributed by atoms with Gasteiger partial charge in [-0.2, -0.15) is 0 Å². The summed E-state index contributed by atoms with van der Waals surface area (Å²) < 4.78 is 5.15. The summed E-state index contributed by atoms with van der Waals surface area (Å²) in [7, 11) is 0. The zero-order valence-electron chi connectivity index (χ0n) is 7.18. The molecule has 0 spiro atoms. The minimum Gasteiger partial charge on any atom is -0.491 e. The van der Waals surface area contributed by atoms with Gasteiger partial charge in [0.05, 0.1) is 6.61 Å². The Bertz CT molecular complexity index is 265. The lowest BCUT2D eigenvalue weighted by atomic mass is 10.3. The van der Waals surface area contributed by atoms with E-state index >= 15 is 0 Å². The highest BCUT2D eigenvalue weighted by Crippen LogP contribution is 2.14. The Hall–Kier alpha value is -1.26. The van der Waals surface area contributed by atoms with Gasteiger partial charge in [0.2, 0.25) is 0 Å². The van der Waals surface area contributed by atoms with Gasteiger partial charge in [0, 0.05) is 11.8 Å². The Balaban J connectivity index is 2.45. The van der Waals surface area contributed by atoms with Crippen molar-refractivity contribution < 1.29 is 14.9 Å². The van der Waals surface area contributed by atoms with Crippen LogP contribution in [0.25, 0.3) is 0 Å². The number of aliphatic hydroxyl groups excluding tert-OH is 2. The normalized spacial score (nSPS) is 12.5. The summed E-state index contributed by atoms with van der Waals surface area (Å²) >= 11 is 0. The van der Waals surface area contributed by atoms with Gasteiger partial charge in [0.25, 0.3) is 0 Å². The highest BCUT2D eigenvalue weighted by atomic mass is 16.5. The molecule has 0 heterocycles. The number of rotatable bonds is 4. The molecule has 72 valence electrons. The first-order chi connectivity index (χ1) is 6.22. The van der Waals surface area contributed by atoms with E-state index in [1.165, 1.54) is 0 Å². The van der Waals surface area contributed by atoms with E-state index < -0.39 is 6.10 Å². The van der Waals surface area contributed by atoms with Crippen LogP contribution in [0.15, 0.2) is 24.3 Å². The number of hydrogen-bond acceptors (Lipinski definition) is 4. The van der Waals surface area contributed by atoms with Crippen LogP contribution in [0.5, 0.6) is 5.75 Å². The fourth-order valence-electron chi connectivity index (χ4n) is 0.849. The smallest absolute Gasteiger partial charge is 0.121 e. The van der Waals surface area contributed by atoms with Gasteiger partial charge in [-0.25, -0.2) is 0 Å². The third-order valence-corrected chi connectivity index (χ3v) is 1.51. The fraction of sp³-hybridized carbons (Fsp3) is 0.333. The highest BCUT2D eigenvalue weighted by Gasteiger charge is 2.02. The lowest BCUT2D eigenvalue weighted by Crippen LogP contribution is -2.21. The molecular formula is C9H13NO3. The van der Waals surface area contributed by atoms with Gasteiger partial charge in [-0.1, -0.05) is 6.07 Å². The molecule has 0 aliphatic rings. The van der Waals surface area contributed by atoms with Gasteiger partial charge in [0.15, 0.2) is 0 Å². The summed E-state index contributed by atoms with van der Waals surface area (Å²) in [5.74, 6) is 0.590. The minimum absolute atomic E-state index is 0.0694. The van der Waals surface area contributed by atoms with Crippen molar-refractivity contribution in [3.8, 4) is 5.75 Å². The van der Waals surface area contributed by atoms with E-state index in [2.05, 4.69) is 0 Å². The van der Waals surface area contributed by atoms with Crippen molar-refractivity contribution in [1.82, 2.24) is 0 Å².